The van der Waals surface area contributed by atoms with Gasteiger partial charge in [-0.1, -0.05) is 12.1 Å². The predicted octanol–water partition coefficient (Wildman–Crippen LogP) is 1.83. The van der Waals surface area contributed by atoms with Gasteiger partial charge in [0.25, 0.3) is 0 Å². The highest BCUT2D eigenvalue weighted by Crippen LogP contribution is 2.16. The molecule has 0 aliphatic heterocycles. The summed E-state index contributed by atoms with van der Waals surface area (Å²) in [5, 5.41) is 8.86. The summed E-state index contributed by atoms with van der Waals surface area (Å²) in [5.41, 5.74) is 0.563. The number of para-hydroxylation sites is 1. The minimum atomic E-state index is 0.523. The Morgan fingerprint density at radius 1 is 1.38 bits per heavy atom. The summed E-state index contributed by atoms with van der Waals surface area (Å²) in [6, 6.07) is 9.31. The fraction of sp³-hybridized carbons (Fsp3) is 0.167. The summed E-state index contributed by atoms with van der Waals surface area (Å²) >= 11 is 0. The first-order valence-electron chi connectivity index (χ1n) is 4.98. The normalized spacial score (nSPS) is 9.69. The van der Waals surface area contributed by atoms with Crippen molar-refractivity contribution in [2.24, 2.45) is 0 Å². The molecule has 0 unspecified atom stereocenters. The number of nitriles is 1. The van der Waals surface area contributed by atoms with Gasteiger partial charge in [0, 0.05) is 12.4 Å². The maximum absolute atomic E-state index is 8.86. The van der Waals surface area contributed by atoms with Crippen molar-refractivity contribution in [3.8, 4) is 11.8 Å². The molecule has 80 valence electrons. The van der Waals surface area contributed by atoms with Gasteiger partial charge < -0.3 is 9.30 Å². The van der Waals surface area contributed by atoms with Crippen LogP contribution in [0.2, 0.25) is 0 Å². The maximum atomic E-state index is 8.86. The lowest BCUT2D eigenvalue weighted by Gasteiger charge is -2.07. The number of hydrogen-bond donors (Lipinski definition) is 0. The van der Waals surface area contributed by atoms with E-state index in [9.17, 15) is 0 Å². The molecule has 0 spiro atoms. The summed E-state index contributed by atoms with van der Waals surface area (Å²) < 4.78 is 7.46. The van der Waals surface area contributed by atoms with Crippen LogP contribution < -0.4 is 4.74 Å². The van der Waals surface area contributed by atoms with Gasteiger partial charge in [-0.05, 0) is 12.1 Å². The van der Waals surface area contributed by atoms with Gasteiger partial charge >= 0.3 is 0 Å². The number of nitrogens with zero attached hydrogens (tertiary/aromatic N) is 3. The molecule has 0 N–H and O–H groups in total. The van der Waals surface area contributed by atoms with Crippen LogP contribution in [0.4, 0.5) is 0 Å². The fourth-order valence-corrected chi connectivity index (χ4v) is 1.36. The van der Waals surface area contributed by atoms with Gasteiger partial charge in [0.15, 0.2) is 0 Å². The van der Waals surface area contributed by atoms with Gasteiger partial charge in [0.05, 0.1) is 18.4 Å². The molecule has 1 aromatic carbocycles. The average Bonchev–Trinajstić information content (AvgIpc) is 2.83. The van der Waals surface area contributed by atoms with Crippen LogP contribution in [0.3, 0.4) is 0 Å². The Kier molecular flexibility index (Phi) is 3.19. The zero-order valence-corrected chi connectivity index (χ0v) is 8.71. The molecule has 16 heavy (non-hydrogen) atoms. The Morgan fingerprint density at radius 2 is 2.25 bits per heavy atom. The Bertz CT molecular complexity index is 485. The van der Waals surface area contributed by atoms with Gasteiger partial charge in [0.1, 0.15) is 18.4 Å². The summed E-state index contributed by atoms with van der Waals surface area (Å²) in [6.45, 7) is 1.24. The number of imidazole rings is 1. The Morgan fingerprint density at radius 3 is 3.00 bits per heavy atom. The van der Waals surface area contributed by atoms with E-state index in [4.69, 9.17) is 10.00 Å². The van der Waals surface area contributed by atoms with Crippen molar-refractivity contribution in [2.45, 2.75) is 6.54 Å². The molecule has 0 aliphatic rings. The Balaban J connectivity index is 1.93. The minimum absolute atomic E-state index is 0.523. The van der Waals surface area contributed by atoms with E-state index < -0.39 is 0 Å². The molecular formula is C12H11N3O. The lowest BCUT2D eigenvalue weighted by atomic mass is 10.2. The molecule has 1 aromatic heterocycles. The van der Waals surface area contributed by atoms with Crippen molar-refractivity contribution in [2.75, 3.05) is 6.61 Å². The quantitative estimate of drug-likeness (QED) is 0.778. The third-order valence-corrected chi connectivity index (χ3v) is 2.17. The summed E-state index contributed by atoms with van der Waals surface area (Å²) in [4.78, 5) is 3.94. The molecule has 0 saturated carbocycles. The smallest absolute Gasteiger partial charge is 0.137 e. The molecule has 0 aliphatic carbocycles. The number of benzene rings is 1. The third-order valence-electron chi connectivity index (χ3n) is 2.17. The van der Waals surface area contributed by atoms with Crippen LogP contribution in [0.5, 0.6) is 5.75 Å². The standard InChI is InChI=1S/C12H11N3O/c13-9-11-3-1-2-4-12(11)16-8-7-15-6-5-14-10-15/h1-6,10H,7-8H2. The second kappa shape index (κ2) is 4.99. The van der Waals surface area contributed by atoms with Crippen molar-refractivity contribution in [1.29, 1.82) is 5.26 Å². The first-order valence-corrected chi connectivity index (χ1v) is 4.98. The van der Waals surface area contributed by atoms with Crippen molar-refractivity contribution in [1.82, 2.24) is 9.55 Å². The van der Waals surface area contributed by atoms with E-state index in [-0.39, 0.29) is 0 Å². The molecule has 2 rings (SSSR count). The molecule has 0 atom stereocenters. The first-order chi connectivity index (χ1) is 7.90. The molecule has 0 radical (unpaired) electrons. The fourth-order valence-electron chi connectivity index (χ4n) is 1.36. The molecule has 0 amide bonds. The molecule has 4 nitrogen and oxygen atoms in total. The zero-order valence-electron chi connectivity index (χ0n) is 8.71. The maximum Gasteiger partial charge on any atom is 0.137 e. The van der Waals surface area contributed by atoms with E-state index in [1.54, 1.807) is 24.7 Å². The minimum Gasteiger partial charge on any atom is -0.490 e. The van der Waals surface area contributed by atoms with Gasteiger partial charge in [-0.3, -0.25) is 0 Å². The molecule has 2 aromatic rings. The molecular weight excluding hydrogens is 202 g/mol. The van der Waals surface area contributed by atoms with Crippen molar-refractivity contribution >= 4 is 0 Å². The van der Waals surface area contributed by atoms with Crippen molar-refractivity contribution in [3.05, 3.63) is 48.5 Å². The molecule has 0 bridgehead atoms. The van der Waals surface area contributed by atoms with E-state index in [1.165, 1.54) is 0 Å². The van der Waals surface area contributed by atoms with Crippen LogP contribution in [0, 0.1) is 11.3 Å². The highest BCUT2D eigenvalue weighted by molar-refractivity contribution is 5.42. The molecule has 4 heteroatoms. The van der Waals surface area contributed by atoms with Crippen molar-refractivity contribution in [3.63, 3.8) is 0 Å². The van der Waals surface area contributed by atoms with Crippen LogP contribution in [0.25, 0.3) is 0 Å². The second-order valence-corrected chi connectivity index (χ2v) is 3.26. The first kappa shape index (κ1) is 10.2. The zero-order chi connectivity index (χ0) is 11.2. The van der Waals surface area contributed by atoms with Gasteiger partial charge in [0.2, 0.25) is 0 Å². The Labute approximate surface area is 93.7 Å². The summed E-state index contributed by atoms with van der Waals surface area (Å²) in [5.74, 6) is 0.630. The van der Waals surface area contributed by atoms with Crippen LogP contribution in [-0.4, -0.2) is 16.2 Å². The monoisotopic (exact) mass is 213 g/mol. The van der Waals surface area contributed by atoms with Crippen LogP contribution in [0.15, 0.2) is 43.0 Å². The largest absolute Gasteiger partial charge is 0.490 e. The predicted molar refractivity (Wildman–Crippen MR) is 58.9 cm³/mol. The summed E-state index contributed by atoms with van der Waals surface area (Å²) in [7, 11) is 0. The van der Waals surface area contributed by atoms with Gasteiger partial charge in [-0.25, -0.2) is 4.98 Å². The van der Waals surface area contributed by atoms with E-state index in [0.717, 1.165) is 6.54 Å². The number of ether oxygens (including phenoxy) is 1. The lowest BCUT2D eigenvalue weighted by molar-refractivity contribution is 0.297. The van der Waals surface area contributed by atoms with E-state index in [0.29, 0.717) is 17.9 Å². The average molecular weight is 213 g/mol. The van der Waals surface area contributed by atoms with Crippen LogP contribution in [0.1, 0.15) is 5.56 Å². The highest BCUT2D eigenvalue weighted by Gasteiger charge is 2.00. The van der Waals surface area contributed by atoms with Crippen LogP contribution in [-0.2, 0) is 6.54 Å². The lowest BCUT2D eigenvalue weighted by Crippen LogP contribution is -2.07. The molecule has 0 saturated heterocycles. The van der Waals surface area contributed by atoms with Crippen molar-refractivity contribution < 1.29 is 4.74 Å². The topological polar surface area (TPSA) is 50.8 Å². The summed E-state index contributed by atoms with van der Waals surface area (Å²) in [6.07, 6.45) is 5.34. The number of aromatic nitrogens is 2. The van der Waals surface area contributed by atoms with Crippen LogP contribution >= 0.6 is 0 Å². The molecule has 1 heterocycles. The third kappa shape index (κ3) is 2.39. The number of rotatable bonds is 4. The highest BCUT2D eigenvalue weighted by atomic mass is 16.5. The SMILES string of the molecule is N#Cc1ccccc1OCCn1ccnc1. The second-order valence-electron chi connectivity index (χ2n) is 3.26. The van der Waals surface area contributed by atoms with Gasteiger partial charge in [-0.15, -0.1) is 0 Å². The van der Waals surface area contributed by atoms with E-state index >= 15 is 0 Å². The van der Waals surface area contributed by atoms with E-state index in [2.05, 4.69) is 11.1 Å². The molecule has 0 fully saturated rings. The van der Waals surface area contributed by atoms with E-state index in [1.807, 2.05) is 22.9 Å². The van der Waals surface area contributed by atoms with Gasteiger partial charge in [-0.2, -0.15) is 5.26 Å². The Hall–Kier alpha value is -2.28. The number of hydrogen-bond acceptors (Lipinski definition) is 3.